The first kappa shape index (κ1) is 14.5. The van der Waals surface area contributed by atoms with Gasteiger partial charge in [-0.05, 0) is 6.42 Å². The van der Waals surface area contributed by atoms with Crippen molar-refractivity contribution in [3.05, 3.63) is 0 Å². The highest BCUT2D eigenvalue weighted by molar-refractivity contribution is 5.87. The van der Waals surface area contributed by atoms with Gasteiger partial charge in [0.25, 0.3) is 0 Å². The maximum Gasteiger partial charge on any atom is 0.240 e. The lowest BCUT2D eigenvalue weighted by Gasteiger charge is -2.19. The summed E-state index contributed by atoms with van der Waals surface area (Å²) in [6.07, 6.45) is 6.10. The Bertz CT molecular complexity index is 283. The molecule has 0 heterocycles. The lowest BCUT2D eigenvalue weighted by molar-refractivity contribution is -0.135. The van der Waals surface area contributed by atoms with Crippen LogP contribution in [-0.4, -0.2) is 42.9 Å². The Kier molecular flexibility index (Phi) is 6.97. The first-order valence-corrected chi connectivity index (χ1v) is 5.23. The molecule has 0 aliphatic rings. The molecule has 3 N–H and O–H groups in total. The highest BCUT2D eigenvalue weighted by Crippen LogP contribution is 1.93. The van der Waals surface area contributed by atoms with Crippen LogP contribution in [0, 0.1) is 12.3 Å². The minimum atomic E-state index is -0.728. The predicted molar refractivity (Wildman–Crippen MR) is 62.4 cm³/mol. The van der Waals surface area contributed by atoms with Crippen molar-refractivity contribution in [1.82, 2.24) is 10.2 Å². The van der Waals surface area contributed by atoms with Gasteiger partial charge in [0.15, 0.2) is 0 Å². The highest BCUT2D eigenvalue weighted by Gasteiger charge is 2.18. The van der Waals surface area contributed by atoms with Crippen molar-refractivity contribution >= 4 is 11.8 Å². The minimum absolute atomic E-state index is 0.0110. The number of carbonyl (C=O) groups is 2. The second kappa shape index (κ2) is 7.71. The molecule has 0 bridgehead atoms. The summed E-state index contributed by atoms with van der Waals surface area (Å²) < 4.78 is 0. The van der Waals surface area contributed by atoms with Gasteiger partial charge in [-0.2, -0.15) is 0 Å². The zero-order valence-corrected chi connectivity index (χ0v) is 9.82. The lowest BCUT2D eigenvalue weighted by atomic mass is 10.2. The molecule has 0 spiro atoms. The maximum atomic E-state index is 11.6. The second-order valence-electron chi connectivity index (χ2n) is 3.56. The SMILES string of the molecule is C#CCC(N)C(=O)N(C)CC(=O)NCCC. The van der Waals surface area contributed by atoms with E-state index in [2.05, 4.69) is 11.2 Å². The van der Waals surface area contributed by atoms with Gasteiger partial charge in [-0.1, -0.05) is 6.92 Å². The molecule has 0 saturated carbocycles. The minimum Gasteiger partial charge on any atom is -0.355 e. The van der Waals surface area contributed by atoms with Crippen LogP contribution in [0.4, 0.5) is 0 Å². The molecule has 1 unspecified atom stereocenters. The first-order valence-electron chi connectivity index (χ1n) is 5.23. The van der Waals surface area contributed by atoms with Crippen LogP contribution in [0.2, 0.25) is 0 Å². The van der Waals surface area contributed by atoms with E-state index < -0.39 is 6.04 Å². The Morgan fingerprint density at radius 3 is 2.69 bits per heavy atom. The van der Waals surface area contributed by atoms with Crippen LogP contribution in [0.3, 0.4) is 0 Å². The summed E-state index contributed by atoms with van der Waals surface area (Å²) in [5.41, 5.74) is 5.54. The average molecular weight is 225 g/mol. The van der Waals surface area contributed by atoms with Gasteiger partial charge < -0.3 is 16.0 Å². The molecule has 5 heteroatoms. The third-order valence-electron chi connectivity index (χ3n) is 1.98. The normalized spacial score (nSPS) is 11.4. The Hall–Kier alpha value is -1.54. The second-order valence-corrected chi connectivity index (χ2v) is 3.56. The highest BCUT2D eigenvalue weighted by atomic mass is 16.2. The molecule has 5 nitrogen and oxygen atoms in total. The van der Waals surface area contributed by atoms with Crippen LogP contribution in [0.5, 0.6) is 0 Å². The third kappa shape index (κ3) is 5.37. The van der Waals surface area contributed by atoms with E-state index in [0.29, 0.717) is 6.54 Å². The zero-order valence-electron chi connectivity index (χ0n) is 9.82. The maximum absolute atomic E-state index is 11.6. The van der Waals surface area contributed by atoms with Crippen LogP contribution >= 0.6 is 0 Å². The van der Waals surface area contributed by atoms with Crippen LogP contribution in [-0.2, 0) is 9.59 Å². The van der Waals surface area contributed by atoms with Crippen LogP contribution in [0.1, 0.15) is 19.8 Å². The van der Waals surface area contributed by atoms with Crippen LogP contribution in [0.15, 0.2) is 0 Å². The molecular weight excluding hydrogens is 206 g/mol. The largest absolute Gasteiger partial charge is 0.355 e. The van der Waals surface area contributed by atoms with Crippen molar-refractivity contribution in [1.29, 1.82) is 0 Å². The number of hydrogen-bond acceptors (Lipinski definition) is 3. The molecule has 0 saturated heterocycles. The third-order valence-corrected chi connectivity index (χ3v) is 1.98. The molecule has 0 aliphatic heterocycles. The predicted octanol–water partition coefficient (Wildman–Crippen LogP) is -0.678. The van der Waals surface area contributed by atoms with E-state index in [0.717, 1.165) is 6.42 Å². The molecule has 0 rings (SSSR count). The molecule has 0 aromatic carbocycles. The van der Waals surface area contributed by atoms with E-state index in [-0.39, 0.29) is 24.8 Å². The standard InChI is InChI=1S/C11H19N3O2/c1-4-6-9(12)11(16)14(3)8-10(15)13-7-5-2/h1,9H,5-8,12H2,2-3H3,(H,13,15). The van der Waals surface area contributed by atoms with Crippen molar-refractivity contribution in [3.8, 4) is 12.3 Å². The molecule has 0 radical (unpaired) electrons. The number of nitrogens with one attached hydrogen (secondary N) is 1. The first-order chi connectivity index (χ1) is 7.52. The summed E-state index contributed by atoms with van der Waals surface area (Å²) in [7, 11) is 1.53. The molecular formula is C11H19N3O2. The molecule has 90 valence electrons. The van der Waals surface area contributed by atoms with E-state index in [1.54, 1.807) is 0 Å². The van der Waals surface area contributed by atoms with Gasteiger partial charge in [-0.25, -0.2) is 0 Å². The van der Waals surface area contributed by atoms with Gasteiger partial charge in [0.2, 0.25) is 11.8 Å². The molecule has 0 aromatic heterocycles. The number of nitrogens with zero attached hydrogens (tertiary/aromatic N) is 1. The summed E-state index contributed by atoms with van der Waals surface area (Å²) in [5.74, 6) is 1.81. The summed E-state index contributed by atoms with van der Waals surface area (Å²) in [6, 6.07) is -0.728. The number of carbonyl (C=O) groups excluding carboxylic acids is 2. The molecule has 1 atom stereocenters. The molecule has 2 amide bonds. The zero-order chi connectivity index (χ0) is 12.6. The van der Waals surface area contributed by atoms with Gasteiger partial charge in [0.05, 0.1) is 12.6 Å². The Balaban J connectivity index is 4.05. The fourth-order valence-electron chi connectivity index (χ4n) is 1.11. The van der Waals surface area contributed by atoms with Crippen molar-refractivity contribution in [2.24, 2.45) is 5.73 Å². The number of terminal acetylenes is 1. The topological polar surface area (TPSA) is 75.4 Å². The van der Waals surface area contributed by atoms with Crippen LogP contribution < -0.4 is 11.1 Å². The molecule has 16 heavy (non-hydrogen) atoms. The van der Waals surface area contributed by atoms with E-state index in [1.165, 1.54) is 11.9 Å². The molecule has 0 aliphatic carbocycles. The van der Waals surface area contributed by atoms with Gasteiger partial charge in [0.1, 0.15) is 0 Å². The van der Waals surface area contributed by atoms with E-state index in [4.69, 9.17) is 12.2 Å². The monoisotopic (exact) mass is 225 g/mol. The number of rotatable bonds is 6. The summed E-state index contributed by atoms with van der Waals surface area (Å²) in [6.45, 7) is 2.58. The summed E-state index contributed by atoms with van der Waals surface area (Å²) >= 11 is 0. The summed E-state index contributed by atoms with van der Waals surface area (Å²) in [4.78, 5) is 24.2. The smallest absolute Gasteiger partial charge is 0.240 e. The van der Waals surface area contributed by atoms with Gasteiger partial charge >= 0.3 is 0 Å². The van der Waals surface area contributed by atoms with E-state index in [9.17, 15) is 9.59 Å². The van der Waals surface area contributed by atoms with Gasteiger partial charge in [-0.3, -0.25) is 9.59 Å². The Morgan fingerprint density at radius 1 is 1.56 bits per heavy atom. The quantitative estimate of drug-likeness (QED) is 0.588. The number of hydrogen-bond donors (Lipinski definition) is 2. The molecule has 0 aromatic rings. The fraction of sp³-hybridized carbons (Fsp3) is 0.636. The fourth-order valence-corrected chi connectivity index (χ4v) is 1.11. The van der Waals surface area contributed by atoms with Crippen LogP contribution in [0.25, 0.3) is 0 Å². The average Bonchev–Trinajstić information content (AvgIpc) is 2.25. The van der Waals surface area contributed by atoms with Gasteiger partial charge in [0, 0.05) is 20.0 Å². The van der Waals surface area contributed by atoms with Crippen molar-refractivity contribution in [2.75, 3.05) is 20.1 Å². The number of nitrogens with two attached hydrogens (primary N) is 1. The molecule has 0 fully saturated rings. The summed E-state index contributed by atoms with van der Waals surface area (Å²) in [5, 5.41) is 2.68. The van der Waals surface area contributed by atoms with Gasteiger partial charge in [-0.15, -0.1) is 12.3 Å². The Labute approximate surface area is 96.4 Å². The lowest BCUT2D eigenvalue weighted by Crippen LogP contribution is -2.45. The Morgan fingerprint density at radius 2 is 2.19 bits per heavy atom. The van der Waals surface area contributed by atoms with Crippen molar-refractivity contribution < 1.29 is 9.59 Å². The van der Waals surface area contributed by atoms with E-state index >= 15 is 0 Å². The number of likely N-dealkylation sites (N-methyl/N-ethyl adjacent to an activating group) is 1. The number of amides is 2. The van der Waals surface area contributed by atoms with Crippen molar-refractivity contribution in [3.63, 3.8) is 0 Å². The van der Waals surface area contributed by atoms with Crippen molar-refractivity contribution in [2.45, 2.75) is 25.8 Å². The van der Waals surface area contributed by atoms with E-state index in [1.807, 2.05) is 6.92 Å².